The molecule has 0 aliphatic carbocycles. The second kappa shape index (κ2) is 12.0. The lowest BCUT2D eigenvalue weighted by Crippen LogP contribution is -2.37. The van der Waals surface area contributed by atoms with Gasteiger partial charge in [-0.25, -0.2) is 9.36 Å². The van der Waals surface area contributed by atoms with Crippen molar-refractivity contribution in [2.24, 2.45) is 0 Å². The highest BCUT2D eigenvalue weighted by Crippen LogP contribution is 2.46. The lowest BCUT2D eigenvalue weighted by Gasteiger charge is -2.26. The molecule has 2 aliphatic rings. The van der Waals surface area contributed by atoms with Crippen LogP contribution in [0.4, 0.5) is 13.2 Å². The highest BCUT2D eigenvalue weighted by atomic mass is 31.2. The fraction of sp³-hybridized carbons (Fsp3) is 0.478. The zero-order valence-electron chi connectivity index (χ0n) is 20.9. The Morgan fingerprint density at radius 2 is 1.82 bits per heavy atom. The summed E-state index contributed by atoms with van der Waals surface area (Å²) < 4.78 is 81.4. The van der Waals surface area contributed by atoms with Crippen molar-refractivity contribution in [1.82, 2.24) is 14.6 Å². The normalized spacial score (nSPS) is 28.6. The van der Waals surface area contributed by atoms with Crippen LogP contribution in [0.25, 0.3) is 0 Å². The number of alkyl halides is 3. The fourth-order valence-electron chi connectivity index (χ4n) is 3.96. The van der Waals surface area contributed by atoms with Crippen molar-refractivity contribution in [3.8, 4) is 5.75 Å². The largest absolute Gasteiger partial charge is 0.465 e. The standard InChI is InChI=1S/C23H25F3N3O10P/c1-13-21(32)35-9-5-8-19(30)38-16-10-18(29-11-15(23(24,25)26)20(31)27-22(29)33)37-17(16)12-36-40(34,28-13)39-14-6-3-2-4-7-14/h2-4,6-7,11,13,16-18H,5,8-10,12H2,1H3,(H,28,34)(H,27,31,33)/t13-,16-,17+,18+,40?/m0/s1. The van der Waals surface area contributed by atoms with Crippen LogP contribution in [0.5, 0.6) is 5.75 Å². The minimum Gasteiger partial charge on any atom is -0.465 e. The van der Waals surface area contributed by atoms with Gasteiger partial charge in [-0.05, 0) is 25.5 Å². The quantitative estimate of drug-likeness (QED) is 0.398. The van der Waals surface area contributed by atoms with Crippen molar-refractivity contribution in [3.63, 3.8) is 0 Å². The Labute approximate surface area is 224 Å². The Hall–Kier alpha value is -3.46. The van der Waals surface area contributed by atoms with Crippen molar-refractivity contribution < 1.29 is 50.6 Å². The Morgan fingerprint density at radius 1 is 1.10 bits per heavy atom. The van der Waals surface area contributed by atoms with Crippen LogP contribution < -0.4 is 20.9 Å². The zero-order valence-corrected chi connectivity index (χ0v) is 21.8. The van der Waals surface area contributed by atoms with Gasteiger partial charge < -0.3 is 18.7 Å². The summed E-state index contributed by atoms with van der Waals surface area (Å²) in [5.74, 6) is -1.42. The minimum absolute atomic E-state index is 0.0853. The molecule has 0 amide bonds. The van der Waals surface area contributed by atoms with Crippen LogP contribution in [-0.2, 0) is 39.1 Å². The number of aromatic nitrogens is 2. The number of para-hydroxylation sites is 1. The first kappa shape index (κ1) is 29.5. The topological polar surface area (TPSA) is 164 Å². The third-order valence-corrected chi connectivity index (χ3v) is 7.54. The molecule has 0 radical (unpaired) electrons. The third-order valence-electron chi connectivity index (χ3n) is 5.90. The van der Waals surface area contributed by atoms with Crippen molar-refractivity contribution in [1.29, 1.82) is 0 Å². The molecule has 1 aromatic carbocycles. The van der Waals surface area contributed by atoms with Gasteiger partial charge in [0.05, 0.1) is 13.2 Å². The summed E-state index contributed by atoms with van der Waals surface area (Å²) in [4.78, 5) is 50.4. The number of esters is 2. The Bertz CT molecular complexity index is 1400. The van der Waals surface area contributed by atoms with Gasteiger partial charge in [-0.3, -0.25) is 28.5 Å². The van der Waals surface area contributed by atoms with Gasteiger partial charge in [0.15, 0.2) is 0 Å². The molecule has 17 heteroatoms. The van der Waals surface area contributed by atoms with E-state index in [4.69, 9.17) is 23.3 Å². The highest BCUT2D eigenvalue weighted by molar-refractivity contribution is 7.52. The Kier molecular flexibility index (Phi) is 8.83. The number of cyclic esters (lactones) is 1. The molecule has 5 atom stereocenters. The number of nitrogens with one attached hydrogen (secondary N) is 2. The van der Waals surface area contributed by atoms with Gasteiger partial charge in [0.25, 0.3) is 5.56 Å². The first-order valence-electron chi connectivity index (χ1n) is 12.1. The fourth-order valence-corrected chi connectivity index (χ4v) is 5.46. The number of nitrogens with zero attached hydrogens (tertiary/aromatic N) is 1. The molecule has 1 aromatic heterocycles. The Morgan fingerprint density at radius 3 is 2.52 bits per heavy atom. The summed E-state index contributed by atoms with van der Waals surface area (Å²) in [6, 6.07) is 6.66. The third kappa shape index (κ3) is 7.18. The highest BCUT2D eigenvalue weighted by Gasteiger charge is 2.43. The van der Waals surface area contributed by atoms with E-state index < -0.39 is 73.8 Å². The monoisotopic (exact) mass is 591 g/mol. The van der Waals surface area contributed by atoms with Crippen LogP contribution in [0, 0.1) is 0 Å². The second-order valence-electron chi connectivity index (χ2n) is 8.92. The lowest BCUT2D eigenvalue weighted by molar-refractivity contribution is -0.155. The van der Waals surface area contributed by atoms with Crippen molar-refractivity contribution in [2.45, 2.75) is 56.8 Å². The molecule has 0 bridgehead atoms. The molecule has 1 unspecified atom stereocenters. The molecular formula is C23H25F3N3O10P. The van der Waals surface area contributed by atoms with Crippen LogP contribution in [0.15, 0.2) is 46.1 Å². The molecule has 13 nitrogen and oxygen atoms in total. The van der Waals surface area contributed by atoms with Gasteiger partial charge in [0.2, 0.25) is 0 Å². The molecule has 0 saturated carbocycles. The van der Waals surface area contributed by atoms with Gasteiger partial charge in [0, 0.05) is 19.0 Å². The SMILES string of the molecule is C[C@@H]1NP(=O)(Oc2ccccc2)OC[C@H]2O[C@@H](n3cc(C(F)(F)F)c(=O)[nH]c3=O)C[C@@H]2OC(=O)CCCOC1=O. The number of ether oxygens (including phenoxy) is 3. The van der Waals surface area contributed by atoms with Crippen LogP contribution in [0.3, 0.4) is 0 Å². The van der Waals surface area contributed by atoms with Crippen LogP contribution in [-0.4, -0.2) is 53.0 Å². The maximum absolute atomic E-state index is 13.7. The van der Waals surface area contributed by atoms with Gasteiger partial charge in [0.1, 0.15) is 35.8 Å². The van der Waals surface area contributed by atoms with E-state index in [9.17, 15) is 36.9 Å². The maximum atomic E-state index is 13.7. The number of fused-ring (bicyclic) bond motifs is 1. The van der Waals surface area contributed by atoms with E-state index >= 15 is 0 Å². The average molecular weight is 591 g/mol. The number of carbonyl (C=O) groups is 2. The number of aromatic amines is 1. The van der Waals surface area contributed by atoms with Crippen molar-refractivity contribution >= 4 is 19.7 Å². The number of hydrogen-bond acceptors (Lipinski definition) is 10. The molecule has 2 aromatic rings. The Balaban J connectivity index is 1.63. The second-order valence-corrected chi connectivity index (χ2v) is 10.6. The van der Waals surface area contributed by atoms with Gasteiger partial charge in [-0.1, -0.05) is 18.2 Å². The van der Waals surface area contributed by atoms with E-state index in [1.165, 1.54) is 19.1 Å². The first-order chi connectivity index (χ1) is 18.8. The molecule has 4 rings (SSSR count). The minimum atomic E-state index is -5.06. The van der Waals surface area contributed by atoms with E-state index in [-0.39, 0.29) is 31.6 Å². The number of rotatable bonds is 3. The lowest BCUT2D eigenvalue weighted by atomic mass is 10.2. The number of halogens is 3. The molecule has 2 aliphatic heterocycles. The van der Waals surface area contributed by atoms with Crippen molar-refractivity contribution in [3.05, 3.63) is 62.9 Å². The molecule has 2 N–H and O–H groups in total. The van der Waals surface area contributed by atoms with Gasteiger partial charge in [-0.2, -0.15) is 18.3 Å². The predicted molar refractivity (Wildman–Crippen MR) is 128 cm³/mol. The van der Waals surface area contributed by atoms with E-state index in [0.29, 0.717) is 10.8 Å². The first-order valence-corrected chi connectivity index (χ1v) is 13.6. The molecule has 2 fully saturated rings. The molecule has 218 valence electrons. The zero-order chi connectivity index (χ0) is 29.1. The average Bonchev–Trinajstić information content (AvgIpc) is 3.26. The van der Waals surface area contributed by atoms with E-state index in [2.05, 4.69) is 5.09 Å². The summed E-state index contributed by atoms with van der Waals surface area (Å²) in [6.45, 7) is 0.598. The molecular weight excluding hydrogens is 566 g/mol. The van der Waals surface area contributed by atoms with Crippen molar-refractivity contribution in [2.75, 3.05) is 13.2 Å². The van der Waals surface area contributed by atoms with E-state index in [1.807, 2.05) is 0 Å². The van der Waals surface area contributed by atoms with E-state index in [0.717, 1.165) is 0 Å². The summed E-state index contributed by atoms with van der Waals surface area (Å²) in [7, 11) is -4.34. The number of carbonyl (C=O) groups excluding carboxylic acids is 2. The summed E-state index contributed by atoms with van der Waals surface area (Å²) in [5.41, 5.74) is -4.45. The summed E-state index contributed by atoms with van der Waals surface area (Å²) >= 11 is 0. The molecule has 0 spiro atoms. The van der Waals surface area contributed by atoms with Gasteiger partial charge in [-0.15, -0.1) is 0 Å². The van der Waals surface area contributed by atoms with E-state index in [1.54, 1.807) is 23.2 Å². The molecule has 2 saturated heterocycles. The van der Waals surface area contributed by atoms with Gasteiger partial charge >= 0.3 is 31.6 Å². The predicted octanol–water partition coefficient (Wildman–Crippen LogP) is 2.27. The van der Waals surface area contributed by atoms with Crippen LogP contribution >= 0.6 is 7.75 Å². The number of benzene rings is 1. The molecule has 3 heterocycles. The summed E-state index contributed by atoms with van der Waals surface area (Å²) in [5, 5.41) is 2.47. The number of hydrogen-bond donors (Lipinski definition) is 2. The number of H-pyrrole nitrogens is 1. The maximum Gasteiger partial charge on any atom is 0.459 e. The smallest absolute Gasteiger partial charge is 0.459 e. The molecule has 40 heavy (non-hydrogen) atoms. The van der Waals surface area contributed by atoms with Crippen LogP contribution in [0.1, 0.15) is 38.0 Å². The van der Waals surface area contributed by atoms with Crippen LogP contribution in [0.2, 0.25) is 0 Å². The summed E-state index contributed by atoms with van der Waals surface area (Å²) in [6.07, 6.45) is -8.94.